The van der Waals surface area contributed by atoms with Gasteiger partial charge in [0.25, 0.3) is 8.32 Å². The molecule has 0 radical (unpaired) electrons. The number of amides is 2. The number of unbranched alkanes of at least 4 members (excludes halogenated alkanes) is 1. The smallest absolute Gasteiger partial charge is 0.411 e. The first-order valence-electron chi connectivity index (χ1n) is 18.3. The molecule has 1 saturated heterocycles. The van der Waals surface area contributed by atoms with Crippen molar-refractivity contribution in [2.45, 2.75) is 88.8 Å². The molecule has 0 bridgehead atoms. The number of rotatable bonds is 15. The molecule has 1 heterocycles. The molecular formula is C43H53BrN2O5Si. The molecule has 4 aromatic carbocycles. The minimum Gasteiger partial charge on any atom is -0.438 e. The number of aliphatic hydroxyl groups is 1. The van der Waals surface area contributed by atoms with Crippen LogP contribution in [0.2, 0.25) is 5.04 Å². The van der Waals surface area contributed by atoms with Gasteiger partial charge in [-0.15, -0.1) is 0 Å². The number of nitrogens with zero attached hydrogens (tertiary/aromatic N) is 2. The molecule has 0 aromatic heterocycles. The molecule has 1 aliphatic heterocycles. The van der Waals surface area contributed by atoms with Gasteiger partial charge in [0.15, 0.2) is 11.6 Å². The van der Waals surface area contributed by atoms with Gasteiger partial charge in [-0.05, 0) is 52.7 Å². The van der Waals surface area contributed by atoms with E-state index in [0.717, 1.165) is 27.7 Å². The van der Waals surface area contributed by atoms with Crippen LogP contribution in [0.15, 0.2) is 121 Å². The van der Waals surface area contributed by atoms with Crippen LogP contribution in [0.4, 0.5) is 4.79 Å². The number of cyclic esters (lactones) is 1. The standard InChI is InChI=1S/C43H53BrN2O5Si/c1-7-36(51-52(42(2,3)4,34-26-16-10-17-27-34)35-28-18-11-19-29-35)43(5)39(46(41(49)50-43)31-21-20-30-44)40(48)45(6)37(32-22-12-8-13-23-32)38(47)33-24-14-9-15-25-33/h8-19,22-29,36-39,47H,7,20-21,30-31H2,1-6H3/t36-,37-,38-,39-,43-/m1/s1. The molecule has 1 aliphatic rings. The molecule has 1 fully saturated rings. The molecular weight excluding hydrogens is 732 g/mol. The predicted molar refractivity (Wildman–Crippen MR) is 215 cm³/mol. The second-order valence-corrected chi connectivity index (χ2v) is 19.9. The van der Waals surface area contributed by atoms with Gasteiger partial charge in [-0.1, -0.05) is 165 Å². The van der Waals surface area contributed by atoms with E-state index in [9.17, 15) is 9.90 Å². The van der Waals surface area contributed by atoms with E-state index in [1.165, 1.54) is 0 Å². The van der Waals surface area contributed by atoms with Crippen molar-refractivity contribution in [3.8, 4) is 0 Å². The van der Waals surface area contributed by atoms with Gasteiger partial charge in [0, 0.05) is 18.9 Å². The van der Waals surface area contributed by atoms with Gasteiger partial charge in [-0.25, -0.2) is 4.79 Å². The van der Waals surface area contributed by atoms with Gasteiger partial charge in [0.1, 0.15) is 6.10 Å². The minimum atomic E-state index is -3.13. The largest absolute Gasteiger partial charge is 0.438 e. The third-order valence-corrected chi connectivity index (χ3v) is 16.1. The summed E-state index contributed by atoms with van der Waals surface area (Å²) in [6, 6.07) is 37.9. The summed E-state index contributed by atoms with van der Waals surface area (Å²) in [5.41, 5.74) is 0.105. The van der Waals surface area contributed by atoms with Crippen molar-refractivity contribution in [2.24, 2.45) is 0 Å². The molecule has 5 rings (SSSR count). The molecule has 2 amide bonds. The van der Waals surface area contributed by atoms with Crippen molar-refractivity contribution in [1.29, 1.82) is 0 Å². The van der Waals surface area contributed by atoms with Crippen LogP contribution < -0.4 is 10.4 Å². The maximum absolute atomic E-state index is 15.3. The SMILES string of the molecule is CC[C@@H](O[Si](c1ccccc1)(c1ccccc1)C(C)(C)C)[C@@]1(C)OC(=O)N(CCCCBr)[C@@H]1C(=O)N(C)[C@H](c1ccccc1)[C@H](O)c1ccccc1. The minimum absolute atomic E-state index is 0.319. The Kier molecular flexibility index (Phi) is 12.8. The Labute approximate surface area is 319 Å². The van der Waals surface area contributed by atoms with Crippen LogP contribution in [0.25, 0.3) is 0 Å². The molecule has 0 spiro atoms. The molecule has 7 nitrogen and oxygen atoms in total. The summed E-state index contributed by atoms with van der Waals surface area (Å²) in [6.45, 7) is 10.9. The average Bonchev–Trinajstić information content (AvgIpc) is 3.41. The molecule has 52 heavy (non-hydrogen) atoms. The number of carbonyl (C=O) groups excluding carboxylic acids is 2. The van der Waals surface area contributed by atoms with E-state index in [1.54, 1.807) is 16.8 Å². The van der Waals surface area contributed by atoms with E-state index in [4.69, 9.17) is 9.16 Å². The quantitative estimate of drug-likeness (QED) is 0.0751. The summed E-state index contributed by atoms with van der Waals surface area (Å²) in [7, 11) is -1.41. The highest BCUT2D eigenvalue weighted by atomic mass is 79.9. The zero-order chi connectivity index (χ0) is 37.5. The highest BCUT2D eigenvalue weighted by molar-refractivity contribution is 9.09. The van der Waals surface area contributed by atoms with Crippen LogP contribution in [0.1, 0.15) is 77.2 Å². The second-order valence-electron chi connectivity index (χ2n) is 14.9. The molecule has 0 aliphatic carbocycles. The first kappa shape index (κ1) is 39.4. The van der Waals surface area contributed by atoms with Gasteiger partial charge in [-0.3, -0.25) is 9.69 Å². The van der Waals surface area contributed by atoms with Gasteiger partial charge in [0.05, 0.1) is 12.1 Å². The third kappa shape index (κ3) is 7.79. The van der Waals surface area contributed by atoms with Crippen molar-refractivity contribution in [1.82, 2.24) is 9.80 Å². The Balaban J connectivity index is 1.64. The molecule has 0 unspecified atom stereocenters. The van der Waals surface area contributed by atoms with Gasteiger partial charge in [-0.2, -0.15) is 0 Å². The molecule has 4 aromatic rings. The lowest BCUT2D eigenvalue weighted by Crippen LogP contribution is -2.70. The fourth-order valence-corrected chi connectivity index (χ4v) is 13.1. The van der Waals surface area contributed by atoms with Crippen molar-refractivity contribution in [3.63, 3.8) is 0 Å². The lowest BCUT2D eigenvalue weighted by atomic mass is 9.86. The highest BCUT2D eigenvalue weighted by Crippen LogP contribution is 2.44. The maximum atomic E-state index is 15.3. The number of alkyl halides is 1. The average molecular weight is 786 g/mol. The summed E-state index contributed by atoms with van der Waals surface area (Å²) in [5, 5.41) is 14.6. The Morgan fingerprint density at radius 2 is 1.37 bits per heavy atom. The number of benzene rings is 4. The lowest BCUT2D eigenvalue weighted by molar-refractivity contribution is -0.147. The zero-order valence-corrected chi connectivity index (χ0v) is 33.8. The fourth-order valence-electron chi connectivity index (χ4n) is 7.88. The van der Waals surface area contributed by atoms with Crippen molar-refractivity contribution >= 4 is 46.6 Å². The van der Waals surface area contributed by atoms with E-state index < -0.39 is 44.3 Å². The second kappa shape index (κ2) is 16.9. The number of likely N-dealkylation sites (N-methyl/N-ethyl adjacent to an activating group) is 1. The third-order valence-electron chi connectivity index (χ3n) is 10.5. The number of halogens is 1. The summed E-state index contributed by atoms with van der Waals surface area (Å²) < 4.78 is 14.1. The number of hydrogen-bond acceptors (Lipinski definition) is 5. The number of ether oxygens (including phenoxy) is 1. The van der Waals surface area contributed by atoms with Gasteiger partial charge >= 0.3 is 6.09 Å². The summed E-state index contributed by atoms with van der Waals surface area (Å²) in [4.78, 5) is 32.6. The first-order chi connectivity index (χ1) is 24.9. The van der Waals surface area contributed by atoms with Crippen LogP contribution in [-0.2, 0) is 14.0 Å². The molecule has 5 atom stereocenters. The number of hydrogen-bond donors (Lipinski definition) is 1. The van der Waals surface area contributed by atoms with Crippen molar-refractivity contribution in [3.05, 3.63) is 132 Å². The number of carbonyl (C=O) groups is 2. The summed E-state index contributed by atoms with van der Waals surface area (Å²) >= 11 is 3.52. The fraction of sp³-hybridized carbons (Fsp3) is 0.395. The van der Waals surface area contributed by atoms with Gasteiger partial charge in [0.2, 0.25) is 5.91 Å². The number of aliphatic hydroxyl groups excluding tert-OH is 1. The first-order valence-corrected chi connectivity index (χ1v) is 21.3. The Morgan fingerprint density at radius 3 is 1.83 bits per heavy atom. The predicted octanol–water partition coefficient (Wildman–Crippen LogP) is 8.03. The van der Waals surface area contributed by atoms with Gasteiger partial charge < -0.3 is 19.2 Å². The molecule has 276 valence electrons. The van der Waals surface area contributed by atoms with Crippen LogP contribution in [0, 0.1) is 0 Å². The van der Waals surface area contributed by atoms with E-state index >= 15 is 4.79 Å². The molecule has 9 heteroatoms. The normalized spacial score (nSPS) is 19.5. The monoisotopic (exact) mass is 784 g/mol. The van der Waals surface area contributed by atoms with E-state index in [2.05, 4.69) is 61.0 Å². The highest BCUT2D eigenvalue weighted by Gasteiger charge is 2.62. The topological polar surface area (TPSA) is 79.3 Å². The van der Waals surface area contributed by atoms with Crippen LogP contribution in [0.5, 0.6) is 0 Å². The van der Waals surface area contributed by atoms with E-state index in [1.807, 2.05) is 111 Å². The summed E-state index contributed by atoms with van der Waals surface area (Å²) in [6.07, 6.45) is -0.212. The van der Waals surface area contributed by atoms with E-state index in [0.29, 0.717) is 24.9 Å². The van der Waals surface area contributed by atoms with Crippen LogP contribution in [0.3, 0.4) is 0 Å². The Bertz CT molecular complexity index is 1700. The van der Waals surface area contributed by atoms with Crippen molar-refractivity contribution < 1.29 is 23.9 Å². The van der Waals surface area contributed by atoms with Crippen molar-refractivity contribution in [2.75, 3.05) is 18.9 Å². The maximum Gasteiger partial charge on any atom is 0.411 e. The zero-order valence-electron chi connectivity index (χ0n) is 31.2. The van der Waals surface area contributed by atoms with E-state index in [-0.39, 0.29) is 10.9 Å². The Hall–Kier alpha value is -3.76. The Morgan fingerprint density at radius 1 is 0.885 bits per heavy atom. The lowest BCUT2D eigenvalue weighted by Gasteiger charge is -2.48. The van der Waals surface area contributed by atoms with Crippen LogP contribution in [-0.4, -0.2) is 71.9 Å². The molecule has 0 saturated carbocycles. The summed E-state index contributed by atoms with van der Waals surface area (Å²) in [5.74, 6) is -0.319. The molecule has 1 N–H and O–H groups in total. The van der Waals surface area contributed by atoms with Crippen LogP contribution >= 0.6 is 15.9 Å².